The number of ether oxygens (including phenoxy) is 2. The summed E-state index contributed by atoms with van der Waals surface area (Å²) in [6, 6.07) is 11.3. The van der Waals surface area contributed by atoms with Crippen LogP contribution in [0.25, 0.3) is 0 Å². The molecule has 0 radical (unpaired) electrons. The Hall–Kier alpha value is -2.44. The Bertz CT molecular complexity index is 754. The van der Waals surface area contributed by atoms with Crippen molar-refractivity contribution in [1.82, 2.24) is 9.88 Å². The number of aromatic nitrogens is 1. The summed E-state index contributed by atoms with van der Waals surface area (Å²) in [6.07, 6.45) is 2.14. The van der Waals surface area contributed by atoms with Crippen LogP contribution >= 0.6 is 0 Å². The van der Waals surface area contributed by atoms with Crippen molar-refractivity contribution in [3.05, 3.63) is 53.7 Å². The van der Waals surface area contributed by atoms with Crippen molar-refractivity contribution >= 4 is 11.6 Å². The lowest BCUT2D eigenvalue weighted by Crippen LogP contribution is -2.44. The van der Waals surface area contributed by atoms with Crippen molar-refractivity contribution < 1.29 is 14.3 Å². The van der Waals surface area contributed by atoms with Crippen LogP contribution in [0.3, 0.4) is 0 Å². The van der Waals surface area contributed by atoms with E-state index in [2.05, 4.69) is 29.0 Å². The molecular formula is C21H27N3O3. The number of carbonyl (C=O) groups is 1. The minimum absolute atomic E-state index is 0.177. The van der Waals surface area contributed by atoms with Crippen molar-refractivity contribution in [1.29, 1.82) is 0 Å². The van der Waals surface area contributed by atoms with E-state index in [0.29, 0.717) is 23.7 Å². The van der Waals surface area contributed by atoms with Crippen LogP contribution in [0, 0.1) is 0 Å². The molecule has 3 rings (SSSR count). The van der Waals surface area contributed by atoms with Gasteiger partial charge in [0, 0.05) is 31.4 Å². The monoisotopic (exact) mass is 369 g/mol. The van der Waals surface area contributed by atoms with Crippen LogP contribution in [0.4, 0.5) is 5.69 Å². The van der Waals surface area contributed by atoms with Crippen LogP contribution in [-0.2, 0) is 11.3 Å². The molecule has 0 bridgehead atoms. The molecule has 0 aliphatic carbocycles. The smallest absolute Gasteiger partial charge is 0.255 e. The summed E-state index contributed by atoms with van der Waals surface area (Å²) in [5, 5.41) is 2.87. The molecule has 1 N–H and O–H groups in total. The van der Waals surface area contributed by atoms with Crippen molar-refractivity contribution in [3.63, 3.8) is 0 Å². The van der Waals surface area contributed by atoms with Gasteiger partial charge in [0.15, 0.2) is 0 Å². The highest BCUT2D eigenvalue weighted by molar-refractivity contribution is 6.04. The van der Waals surface area contributed by atoms with E-state index in [9.17, 15) is 4.79 Å². The first-order valence-corrected chi connectivity index (χ1v) is 9.41. The highest BCUT2D eigenvalue weighted by Gasteiger charge is 2.22. The SMILES string of the molecule is CCOc1ncccc1NC(=O)c1ccc(CN2CC(C)OC(C)C2)cc1. The summed E-state index contributed by atoms with van der Waals surface area (Å²) in [5.41, 5.74) is 2.36. The number of nitrogens with one attached hydrogen (secondary N) is 1. The van der Waals surface area contributed by atoms with Gasteiger partial charge in [-0.25, -0.2) is 4.98 Å². The first-order valence-electron chi connectivity index (χ1n) is 9.41. The number of carbonyl (C=O) groups excluding carboxylic acids is 1. The zero-order valence-corrected chi connectivity index (χ0v) is 16.1. The molecule has 1 aliphatic heterocycles. The van der Waals surface area contributed by atoms with E-state index in [4.69, 9.17) is 9.47 Å². The number of nitrogens with zero attached hydrogens (tertiary/aromatic N) is 2. The lowest BCUT2D eigenvalue weighted by atomic mass is 10.1. The minimum Gasteiger partial charge on any atom is -0.476 e. The molecule has 2 heterocycles. The van der Waals surface area contributed by atoms with Crippen LogP contribution in [0.5, 0.6) is 5.88 Å². The van der Waals surface area contributed by atoms with Gasteiger partial charge in [0.05, 0.1) is 18.8 Å². The molecule has 27 heavy (non-hydrogen) atoms. The third kappa shape index (κ3) is 5.28. The molecule has 6 heteroatoms. The third-order valence-corrected chi connectivity index (χ3v) is 4.42. The quantitative estimate of drug-likeness (QED) is 0.846. The highest BCUT2D eigenvalue weighted by Crippen LogP contribution is 2.21. The van der Waals surface area contributed by atoms with Gasteiger partial charge < -0.3 is 14.8 Å². The molecule has 6 nitrogen and oxygen atoms in total. The average molecular weight is 369 g/mol. The van der Waals surface area contributed by atoms with Crippen molar-refractivity contribution in [2.75, 3.05) is 25.0 Å². The summed E-state index contributed by atoms with van der Waals surface area (Å²) in [6.45, 7) is 9.29. The first kappa shape index (κ1) is 19.3. The average Bonchev–Trinajstić information content (AvgIpc) is 2.63. The number of morpholine rings is 1. The Morgan fingerprint density at radius 3 is 2.59 bits per heavy atom. The lowest BCUT2D eigenvalue weighted by Gasteiger charge is -2.35. The molecule has 0 saturated carbocycles. The molecule has 1 aromatic carbocycles. The Morgan fingerprint density at radius 1 is 1.22 bits per heavy atom. The molecule has 2 aromatic rings. The number of pyridine rings is 1. The molecule has 1 amide bonds. The molecule has 144 valence electrons. The Morgan fingerprint density at radius 2 is 1.93 bits per heavy atom. The maximum Gasteiger partial charge on any atom is 0.255 e. The minimum atomic E-state index is -0.177. The van der Waals surface area contributed by atoms with Gasteiger partial charge in [-0.05, 0) is 50.6 Å². The Labute approximate surface area is 160 Å². The van der Waals surface area contributed by atoms with E-state index in [1.807, 2.05) is 31.2 Å². The zero-order chi connectivity index (χ0) is 19.2. The van der Waals surface area contributed by atoms with Gasteiger partial charge in [-0.2, -0.15) is 0 Å². The van der Waals surface area contributed by atoms with E-state index < -0.39 is 0 Å². The topological polar surface area (TPSA) is 63.7 Å². The molecule has 1 saturated heterocycles. The summed E-state index contributed by atoms with van der Waals surface area (Å²) >= 11 is 0. The number of hydrogen-bond donors (Lipinski definition) is 1. The van der Waals surface area contributed by atoms with Crippen LogP contribution in [-0.4, -0.2) is 47.7 Å². The molecule has 0 spiro atoms. The fraction of sp³-hybridized carbons (Fsp3) is 0.429. The first-order chi connectivity index (χ1) is 13.0. The van der Waals surface area contributed by atoms with Crippen LogP contribution in [0.2, 0.25) is 0 Å². The maximum atomic E-state index is 12.5. The van der Waals surface area contributed by atoms with E-state index in [-0.39, 0.29) is 18.1 Å². The van der Waals surface area contributed by atoms with Crippen LogP contribution in [0.1, 0.15) is 36.7 Å². The Kier molecular flexibility index (Phi) is 6.42. The van der Waals surface area contributed by atoms with Crippen LogP contribution < -0.4 is 10.1 Å². The number of benzene rings is 1. The fourth-order valence-corrected chi connectivity index (χ4v) is 3.37. The molecular weight excluding hydrogens is 342 g/mol. The predicted octanol–water partition coefficient (Wildman–Crippen LogP) is 3.34. The molecule has 2 atom stereocenters. The summed E-state index contributed by atoms with van der Waals surface area (Å²) in [7, 11) is 0. The van der Waals surface area contributed by atoms with E-state index >= 15 is 0 Å². The maximum absolute atomic E-state index is 12.5. The number of anilines is 1. The highest BCUT2D eigenvalue weighted by atomic mass is 16.5. The third-order valence-electron chi connectivity index (χ3n) is 4.42. The summed E-state index contributed by atoms with van der Waals surface area (Å²) < 4.78 is 11.2. The predicted molar refractivity (Wildman–Crippen MR) is 105 cm³/mol. The van der Waals surface area contributed by atoms with Gasteiger partial charge in [-0.15, -0.1) is 0 Å². The molecule has 1 fully saturated rings. The number of rotatable bonds is 6. The zero-order valence-electron chi connectivity index (χ0n) is 16.1. The van der Waals surface area contributed by atoms with Crippen molar-refractivity contribution in [2.24, 2.45) is 0 Å². The second-order valence-electron chi connectivity index (χ2n) is 6.89. The summed E-state index contributed by atoms with van der Waals surface area (Å²) in [4.78, 5) is 19.1. The van der Waals surface area contributed by atoms with Gasteiger partial charge >= 0.3 is 0 Å². The fourth-order valence-electron chi connectivity index (χ4n) is 3.37. The van der Waals surface area contributed by atoms with Crippen molar-refractivity contribution in [3.8, 4) is 5.88 Å². The van der Waals surface area contributed by atoms with Gasteiger partial charge in [-0.1, -0.05) is 12.1 Å². The van der Waals surface area contributed by atoms with Gasteiger partial charge in [0.25, 0.3) is 5.91 Å². The number of hydrogen-bond acceptors (Lipinski definition) is 5. The van der Waals surface area contributed by atoms with E-state index in [0.717, 1.165) is 19.6 Å². The second-order valence-corrected chi connectivity index (χ2v) is 6.89. The molecule has 1 aromatic heterocycles. The molecule has 1 aliphatic rings. The standard InChI is InChI=1S/C21H27N3O3/c1-4-26-21-19(6-5-11-22-21)23-20(25)18-9-7-17(8-10-18)14-24-12-15(2)27-16(3)13-24/h5-11,15-16H,4,12-14H2,1-3H3,(H,23,25). The van der Waals surface area contributed by atoms with Crippen molar-refractivity contribution in [2.45, 2.75) is 39.5 Å². The second kappa shape index (κ2) is 8.97. The lowest BCUT2D eigenvalue weighted by molar-refractivity contribution is -0.0704. The normalized spacial score (nSPS) is 20.3. The number of amides is 1. The largest absolute Gasteiger partial charge is 0.476 e. The van der Waals surface area contributed by atoms with E-state index in [1.54, 1.807) is 18.3 Å². The molecule has 2 unspecified atom stereocenters. The van der Waals surface area contributed by atoms with Gasteiger partial charge in [-0.3, -0.25) is 9.69 Å². The van der Waals surface area contributed by atoms with E-state index in [1.165, 1.54) is 5.56 Å². The van der Waals surface area contributed by atoms with Crippen LogP contribution in [0.15, 0.2) is 42.6 Å². The summed E-state index contributed by atoms with van der Waals surface area (Å²) in [5.74, 6) is 0.254. The van der Waals surface area contributed by atoms with Gasteiger partial charge in [0.2, 0.25) is 5.88 Å². The Balaban J connectivity index is 1.62. The van der Waals surface area contributed by atoms with Gasteiger partial charge in [0.1, 0.15) is 5.69 Å².